The molecule has 1 heterocycles. The summed E-state index contributed by atoms with van der Waals surface area (Å²) in [7, 11) is 0. The fourth-order valence-corrected chi connectivity index (χ4v) is 1.72. The molecule has 2 N–H and O–H groups in total. The summed E-state index contributed by atoms with van der Waals surface area (Å²) in [6.45, 7) is 9.73. The van der Waals surface area contributed by atoms with Gasteiger partial charge in [0.05, 0.1) is 0 Å². The van der Waals surface area contributed by atoms with Crippen LogP contribution in [-0.4, -0.2) is 23.8 Å². The summed E-state index contributed by atoms with van der Waals surface area (Å²) in [6, 6.07) is -0.672. The van der Waals surface area contributed by atoms with Crippen LogP contribution in [0.1, 0.15) is 33.6 Å². The summed E-state index contributed by atoms with van der Waals surface area (Å²) in [6.07, 6.45) is 5.55. The number of hydrogen-bond donors (Lipinski definition) is 2. The van der Waals surface area contributed by atoms with Crippen LogP contribution in [0, 0.1) is 5.92 Å². The maximum atomic E-state index is 12.1. The molecule has 21 heavy (non-hydrogen) atoms. The highest BCUT2D eigenvalue weighted by Crippen LogP contribution is 2.10. The van der Waals surface area contributed by atoms with E-state index in [4.69, 9.17) is 0 Å². The Morgan fingerprint density at radius 3 is 2.57 bits per heavy atom. The topological polar surface area (TPSA) is 75.3 Å². The molecule has 5 heteroatoms. The molecule has 0 spiro atoms. The lowest BCUT2D eigenvalue weighted by atomic mass is 10.0. The highest BCUT2D eigenvalue weighted by Gasteiger charge is 2.28. The number of carbonyl (C=O) groups is 3. The van der Waals surface area contributed by atoms with E-state index in [0.29, 0.717) is 17.9 Å². The number of nitrogens with one attached hydrogen (secondary N) is 2. The normalized spacial score (nSPS) is 20.3. The molecule has 1 atom stereocenters. The molecule has 0 bridgehead atoms. The van der Waals surface area contributed by atoms with Gasteiger partial charge in [-0.25, -0.2) is 0 Å². The molecule has 1 rings (SSSR count). The molecule has 0 aromatic heterocycles. The number of hydrogen-bond acceptors (Lipinski definition) is 3. The molecule has 0 aliphatic carbocycles. The lowest BCUT2D eigenvalue weighted by Gasteiger charge is -2.21. The predicted octanol–water partition coefficient (Wildman–Crippen LogP) is 1.62. The lowest BCUT2D eigenvalue weighted by Crippen LogP contribution is -2.52. The van der Waals surface area contributed by atoms with Gasteiger partial charge in [-0.05, 0) is 25.3 Å². The van der Waals surface area contributed by atoms with Gasteiger partial charge < -0.3 is 5.32 Å². The summed E-state index contributed by atoms with van der Waals surface area (Å²) >= 11 is 0. The van der Waals surface area contributed by atoms with E-state index in [-0.39, 0.29) is 18.2 Å². The van der Waals surface area contributed by atoms with E-state index in [0.717, 1.165) is 5.57 Å². The Balaban J connectivity index is 2.74. The van der Waals surface area contributed by atoms with E-state index >= 15 is 0 Å². The minimum Gasteiger partial charge on any atom is -0.340 e. The number of amides is 3. The zero-order valence-corrected chi connectivity index (χ0v) is 12.7. The van der Waals surface area contributed by atoms with Gasteiger partial charge in [-0.3, -0.25) is 19.7 Å². The monoisotopic (exact) mass is 290 g/mol. The second kappa shape index (κ2) is 7.57. The van der Waals surface area contributed by atoms with Gasteiger partial charge in [-0.1, -0.05) is 38.2 Å². The van der Waals surface area contributed by atoms with Crippen LogP contribution in [0.3, 0.4) is 0 Å². The van der Waals surface area contributed by atoms with Crippen LogP contribution in [0.2, 0.25) is 0 Å². The standard InChI is InChI=1S/C16H22N2O3/c1-5-12(7-6-11(4)10(2)3)15(20)17-13-8-9-14(19)18-16(13)21/h5-7,10,13H,1,8-9H2,2-4H3,(H,17,20)(H,18,19,21)/b11-6+,12-7+. The van der Waals surface area contributed by atoms with Crippen molar-refractivity contribution >= 4 is 17.7 Å². The average molecular weight is 290 g/mol. The van der Waals surface area contributed by atoms with Gasteiger partial charge in [0.25, 0.3) is 5.91 Å². The van der Waals surface area contributed by atoms with Crippen LogP contribution in [-0.2, 0) is 14.4 Å². The Hall–Kier alpha value is -2.17. The maximum Gasteiger partial charge on any atom is 0.251 e. The van der Waals surface area contributed by atoms with E-state index in [1.165, 1.54) is 6.08 Å². The summed E-state index contributed by atoms with van der Waals surface area (Å²) in [5.74, 6) is -0.741. The van der Waals surface area contributed by atoms with Crippen molar-refractivity contribution in [3.05, 3.63) is 36.0 Å². The zero-order valence-electron chi connectivity index (χ0n) is 12.7. The largest absolute Gasteiger partial charge is 0.340 e. The Bertz CT molecular complexity index is 516. The van der Waals surface area contributed by atoms with Crippen molar-refractivity contribution in [3.63, 3.8) is 0 Å². The summed E-state index contributed by atoms with van der Waals surface area (Å²) in [5.41, 5.74) is 1.53. The quantitative estimate of drug-likeness (QED) is 0.459. The molecular weight excluding hydrogens is 268 g/mol. The van der Waals surface area contributed by atoms with Gasteiger partial charge in [0, 0.05) is 12.0 Å². The number of imide groups is 1. The third kappa shape index (κ3) is 5.02. The van der Waals surface area contributed by atoms with Crippen molar-refractivity contribution in [1.29, 1.82) is 0 Å². The zero-order chi connectivity index (χ0) is 16.0. The number of piperidine rings is 1. The first-order chi connectivity index (χ1) is 9.85. The third-order valence-electron chi connectivity index (χ3n) is 3.46. The fraction of sp³-hybridized carbons (Fsp3) is 0.438. The van der Waals surface area contributed by atoms with E-state index in [2.05, 4.69) is 31.1 Å². The molecule has 1 fully saturated rings. The van der Waals surface area contributed by atoms with Crippen molar-refractivity contribution in [3.8, 4) is 0 Å². The first-order valence-corrected chi connectivity index (χ1v) is 7.00. The van der Waals surface area contributed by atoms with E-state index in [1.54, 1.807) is 6.08 Å². The summed E-state index contributed by atoms with van der Waals surface area (Å²) < 4.78 is 0. The van der Waals surface area contributed by atoms with Crippen LogP contribution in [0.25, 0.3) is 0 Å². The van der Waals surface area contributed by atoms with Gasteiger partial charge in [0.15, 0.2) is 0 Å². The van der Waals surface area contributed by atoms with Crippen LogP contribution < -0.4 is 10.6 Å². The Kier molecular flexibility index (Phi) is 6.09. The van der Waals surface area contributed by atoms with Gasteiger partial charge >= 0.3 is 0 Å². The number of carbonyl (C=O) groups excluding carboxylic acids is 3. The molecule has 114 valence electrons. The van der Waals surface area contributed by atoms with E-state index < -0.39 is 11.9 Å². The molecule has 0 saturated carbocycles. The molecule has 1 aliphatic heterocycles. The minimum absolute atomic E-state index is 0.232. The molecule has 0 radical (unpaired) electrons. The van der Waals surface area contributed by atoms with Crippen LogP contribution in [0.5, 0.6) is 0 Å². The summed E-state index contributed by atoms with van der Waals surface area (Å²) in [5, 5.41) is 4.83. The van der Waals surface area contributed by atoms with Crippen LogP contribution in [0.4, 0.5) is 0 Å². The highest BCUT2D eigenvalue weighted by molar-refractivity contribution is 6.04. The number of rotatable bonds is 5. The molecule has 0 aromatic carbocycles. The average Bonchev–Trinajstić information content (AvgIpc) is 2.42. The molecule has 1 unspecified atom stereocenters. The Morgan fingerprint density at radius 2 is 2.05 bits per heavy atom. The van der Waals surface area contributed by atoms with Crippen LogP contribution >= 0.6 is 0 Å². The molecule has 1 saturated heterocycles. The third-order valence-corrected chi connectivity index (χ3v) is 3.46. The van der Waals surface area contributed by atoms with Gasteiger partial charge in [-0.2, -0.15) is 0 Å². The van der Waals surface area contributed by atoms with Crippen molar-refractivity contribution in [2.24, 2.45) is 5.92 Å². The van der Waals surface area contributed by atoms with Crippen molar-refractivity contribution < 1.29 is 14.4 Å². The Labute approximate surface area is 125 Å². The van der Waals surface area contributed by atoms with Crippen molar-refractivity contribution in [1.82, 2.24) is 10.6 Å². The molecule has 3 amide bonds. The van der Waals surface area contributed by atoms with Gasteiger partial charge in [0.1, 0.15) is 6.04 Å². The fourth-order valence-electron chi connectivity index (χ4n) is 1.72. The Morgan fingerprint density at radius 1 is 1.38 bits per heavy atom. The molecule has 0 aromatic rings. The van der Waals surface area contributed by atoms with Gasteiger partial charge in [-0.15, -0.1) is 0 Å². The number of allylic oxidation sites excluding steroid dienone is 3. The minimum atomic E-state index is -0.672. The smallest absolute Gasteiger partial charge is 0.251 e. The van der Waals surface area contributed by atoms with Crippen molar-refractivity contribution in [2.75, 3.05) is 0 Å². The molecule has 5 nitrogen and oxygen atoms in total. The molecular formula is C16H22N2O3. The predicted molar refractivity (Wildman–Crippen MR) is 81.2 cm³/mol. The second-order valence-electron chi connectivity index (χ2n) is 5.37. The SMILES string of the molecule is C=C/C(=C\C=C(/C)C(C)C)C(=O)NC1CCC(=O)NC1=O. The van der Waals surface area contributed by atoms with Gasteiger partial charge in [0.2, 0.25) is 11.8 Å². The van der Waals surface area contributed by atoms with Crippen LogP contribution in [0.15, 0.2) is 36.0 Å². The second-order valence-corrected chi connectivity index (χ2v) is 5.37. The first-order valence-electron chi connectivity index (χ1n) is 7.00. The van der Waals surface area contributed by atoms with E-state index in [1.807, 2.05) is 13.0 Å². The van der Waals surface area contributed by atoms with Crippen molar-refractivity contribution in [2.45, 2.75) is 39.7 Å². The highest BCUT2D eigenvalue weighted by atomic mass is 16.2. The summed E-state index contributed by atoms with van der Waals surface area (Å²) in [4.78, 5) is 34.8. The lowest BCUT2D eigenvalue weighted by molar-refractivity contribution is -0.136. The van der Waals surface area contributed by atoms with E-state index in [9.17, 15) is 14.4 Å². The molecule has 1 aliphatic rings. The first kappa shape index (κ1) is 16.9. The maximum absolute atomic E-state index is 12.1.